The van der Waals surface area contributed by atoms with Crippen molar-refractivity contribution in [1.29, 1.82) is 0 Å². The van der Waals surface area contributed by atoms with E-state index in [1.54, 1.807) is 25.4 Å². The average Bonchev–Trinajstić information content (AvgIpc) is 2.15. The lowest BCUT2D eigenvalue weighted by Crippen LogP contribution is -2.17. The lowest BCUT2D eigenvalue weighted by molar-refractivity contribution is -0.0303. The summed E-state index contributed by atoms with van der Waals surface area (Å²) in [5.41, 5.74) is -3.72. The van der Waals surface area contributed by atoms with Gasteiger partial charge in [0.1, 0.15) is 0 Å². The van der Waals surface area contributed by atoms with Crippen LogP contribution in [0.3, 0.4) is 0 Å². The molecule has 0 fully saturated rings. The van der Waals surface area contributed by atoms with Crippen LogP contribution in [0.5, 0.6) is 0 Å². The highest BCUT2D eigenvalue weighted by Gasteiger charge is 2.17. The van der Waals surface area contributed by atoms with Gasteiger partial charge in [0.25, 0.3) is 5.91 Å². The topological polar surface area (TPSA) is 42.0 Å². The molecule has 7 heteroatoms. The first-order valence-electron chi connectivity index (χ1n) is 3.76. The zero-order valence-corrected chi connectivity index (χ0v) is 8.64. The Balaban J connectivity index is 0.000000336. The van der Waals surface area contributed by atoms with Gasteiger partial charge < -0.3 is 5.32 Å². The Bertz CT molecular complexity index is 297. The zero-order valence-electron chi connectivity index (χ0n) is 7.75. The van der Waals surface area contributed by atoms with Crippen LogP contribution in [-0.4, -0.2) is 23.4 Å². The lowest BCUT2D eigenvalue weighted by atomic mass is 10.3. The second kappa shape index (κ2) is 6.28. The molecule has 84 valence electrons. The SMILES string of the molecule is CNC(=O)c1cccnc1.FC(F)(F)S. The molecule has 3 nitrogen and oxygen atoms in total. The predicted molar refractivity (Wildman–Crippen MR) is 52.7 cm³/mol. The average molecular weight is 238 g/mol. The second-order valence-electron chi connectivity index (χ2n) is 2.29. The number of hydrogen-bond donors (Lipinski definition) is 2. The number of rotatable bonds is 1. The van der Waals surface area contributed by atoms with E-state index in [1.165, 1.54) is 6.20 Å². The van der Waals surface area contributed by atoms with Crippen LogP contribution < -0.4 is 5.32 Å². The summed E-state index contributed by atoms with van der Waals surface area (Å²) in [7, 11) is 1.59. The lowest BCUT2D eigenvalue weighted by Gasteiger charge is -1.95. The molecule has 0 spiro atoms. The van der Waals surface area contributed by atoms with Gasteiger partial charge in [0.2, 0.25) is 0 Å². The Morgan fingerprint density at radius 2 is 2.07 bits per heavy atom. The minimum atomic E-state index is -4.31. The molecule has 0 aliphatic carbocycles. The highest BCUT2D eigenvalue weighted by molar-refractivity contribution is 7.81. The Kier molecular flexibility index (Phi) is 5.76. The standard InChI is InChI=1S/C7H8N2O.CHF3S/c1-8-7(10)6-3-2-4-9-5-6;2-1(3,4)5/h2-5H,1H3,(H,8,10);5H. The van der Waals surface area contributed by atoms with Crippen LogP contribution in [0.25, 0.3) is 0 Å². The number of halogens is 3. The van der Waals surface area contributed by atoms with Crippen molar-refractivity contribution in [2.24, 2.45) is 0 Å². The van der Waals surface area contributed by atoms with Gasteiger partial charge in [-0.25, -0.2) is 0 Å². The number of pyridine rings is 1. The molecule has 1 heterocycles. The van der Waals surface area contributed by atoms with E-state index in [2.05, 4.69) is 22.9 Å². The maximum absolute atomic E-state index is 10.9. The predicted octanol–water partition coefficient (Wildman–Crippen LogP) is 1.88. The largest absolute Gasteiger partial charge is 0.438 e. The van der Waals surface area contributed by atoms with Gasteiger partial charge in [-0.1, -0.05) is 12.6 Å². The summed E-state index contributed by atoms with van der Waals surface area (Å²) in [6.45, 7) is 0. The number of nitrogens with zero attached hydrogens (tertiary/aromatic N) is 1. The van der Waals surface area contributed by atoms with Crippen molar-refractivity contribution in [1.82, 2.24) is 10.3 Å². The third kappa shape index (κ3) is 9.07. The number of alkyl halides is 3. The summed E-state index contributed by atoms with van der Waals surface area (Å²) in [6, 6.07) is 3.44. The summed E-state index contributed by atoms with van der Waals surface area (Å²) in [5.74, 6) is -0.104. The monoisotopic (exact) mass is 238 g/mol. The Morgan fingerprint density at radius 1 is 1.53 bits per heavy atom. The van der Waals surface area contributed by atoms with E-state index in [0.29, 0.717) is 5.56 Å². The normalized spacial score (nSPS) is 9.93. The van der Waals surface area contributed by atoms with Crippen LogP contribution in [0.1, 0.15) is 10.4 Å². The fourth-order valence-electron chi connectivity index (χ4n) is 0.641. The first-order valence-corrected chi connectivity index (χ1v) is 4.20. The summed E-state index contributed by atoms with van der Waals surface area (Å²) in [4.78, 5) is 14.7. The molecule has 0 saturated carbocycles. The van der Waals surface area contributed by atoms with Crippen LogP contribution in [0.15, 0.2) is 24.5 Å². The molecule has 1 rings (SSSR count). The number of amides is 1. The molecule has 0 unspecified atom stereocenters. The van der Waals surface area contributed by atoms with E-state index >= 15 is 0 Å². The van der Waals surface area contributed by atoms with Gasteiger partial charge in [-0.3, -0.25) is 9.78 Å². The van der Waals surface area contributed by atoms with E-state index in [4.69, 9.17) is 0 Å². The maximum Gasteiger partial charge on any atom is 0.438 e. The van der Waals surface area contributed by atoms with Gasteiger partial charge in [0.15, 0.2) is 0 Å². The molecule has 15 heavy (non-hydrogen) atoms. The van der Waals surface area contributed by atoms with Crippen molar-refractivity contribution >= 4 is 18.5 Å². The number of thiol groups is 1. The molecule has 1 aromatic heterocycles. The molecule has 0 saturated heterocycles. The van der Waals surface area contributed by atoms with Gasteiger partial charge in [0.05, 0.1) is 5.56 Å². The van der Waals surface area contributed by atoms with Crippen molar-refractivity contribution in [2.45, 2.75) is 5.51 Å². The van der Waals surface area contributed by atoms with Crippen molar-refractivity contribution < 1.29 is 18.0 Å². The fourth-order valence-corrected chi connectivity index (χ4v) is 0.641. The number of carbonyl (C=O) groups excluding carboxylic acids is 1. The highest BCUT2D eigenvalue weighted by atomic mass is 32.1. The fraction of sp³-hybridized carbons (Fsp3) is 0.250. The smallest absolute Gasteiger partial charge is 0.355 e. The summed E-state index contributed by atoms with van der Waals surface area (Å²) in [6.07, 6.45) is 3.16. The summed E-state index contributed by atoms with van der Waals surface area (Å²) in [5, 5.41) is 2.50. The van der Waals surface area contributed by atoms with E-state index in [-0.39, 0.29) is 5.91 Å². The van der Waals surface area contributed by atoms with Crippen LogP contribution in [0.4, 0.5) is 13.2 Å². The Labute approximate surface area is 90.1 Å². The van der Waals surface area contributed by atoms with Gasteiger partial charge in [0, 0.05) is 19.4 Å². The molecule has 0 aromatic carbocycles. The summed E-state index contributed by atoms with van der Waals surface area (Å²) < 4.78 is 30.7. The van der Waals surface area contributed by atoms with Gasteiger partial charge >= 0.3 is 5.51 Å². The molecule has 0 bridgehead atoms. The minimum Gasteiger partial charge on any atom is -0.355 e. The number of hydrogen-bond acceptors (Lipinski definition) is 3. The molecular formula is C8H9F3N2OS. The third-order valence-corrected chi connectivity index (χ3v) is 1.15. The maximum atomic E-state index is 10.9. The molecule has 0 atom stereocenters. The number of aromatic nitrogens is 1. The molecule has 1 N–H and O–H groups in total. The molecular weight excluding hydrogens is 229 g/mol. The van der Waals surface area contributed by atoms with Crippen molar-refractivity contribution in [3.63, 3.8) is 0 Å². The van der Waals surface area contributed by atoms with Crippen molar-refractivity contribution in [2.75, 3.05) is 7.05 Å². The highest BCUT2D eigenvalue weighted by Crippen LogP contribution is 2.17. The first kappa shape index (κ1) is 13.8. The van der Waals surface area contributed by atoms with Gasteiger partial charge in [-0.2, -0.15) is 13.2 Å². The van der Waals surface area contributed by atoms with Crippen molar-refractivity contribution in [3.05, 3.63) is 30.1 Å². The third-order valence-electron chi connectivity index (χ3n) is 1.15. The minimum absolute atomic E-state index is 0.104. The van der Waals surface area contributed by atoms with E-state index in [9.17, 15) is 18.0 Å². The van der Waals surface area contributed by atoms with Crippen LogP contribution >= 0.6 is 12.6 Å². The number of carbonyl (C=O) groups is 1. The van der Waals surface area contributed by atoms with Crippen LogP contribution in [0, 0.1) is 0 Å². The molecule has 0 aliphatic heterocycles. The zero-order chi connectivity index (χ0) is 11.9. The van der Waals surface area contributed by atoms with E-state index in [1.807, 2.05) is 0 Å². The van der Waals surface area contributed by atoms with Crippen LogP contribution in [0.2, 0.25) is 0 Å². The van der Waals surface area contributed by atoms with Crippen molar-refractivity contribution in [3.8, 4) is 0 Å². The first-order chi connectivity index (χ1) is 6.84. The quantitative estimate of drug-likeness (QED) is 0.733. The Hall–Kier alpha value is -1.24. The van der Waals surface area contributed by atoms with Gasteiger partial charge in [-0.15, -0.1) is 0 Å². The Morgan fingerprint density at radius 3 is 2.40 bits per heavy atom. The van der Waals surface area contributed by atoms with Gasteiger partial charge in [-0.05, 0) is 12.1 Å². The molecule has 0 aliphatic rings. The summed E-state index contributed by atoms with van der Waals surface area (Å²) >= 11 is 2.12. The second-order valence-corrected chi connectivity index (χ2v) is 2.80. The van der Waals surface area contributed by atoms with E-state index < -0.39 is 5.51 Å². The molecule has 1 aromatic rings. The van der Waals surface area contributed by atoms with E-state index in [0.717, 1.165) is 0 Å². The molecule has 0 radical (unpaired) electrons. The number of nitrogens with one attached hydrogen (secondary N) is 1. The van der Waals surface area contributed by atoms with Crippen LogP contribution in [-0.2, 0) is 0 Å². The molecule has 1 amide bonds.